The molecular weight excluding hydrogens is 572 g/mol. The first-order valence-corrected chi connectivity index (χ1v) is 16.5. The second-order valence-corrected chi connectivity index (χ2v) is 12.8. The molecule has 1 aromatic heterocycles. The van der Waals surface area contributed by atoms with E-state index in [1.54, 1.807) is 66.5 Å². The maximum absolute atomic E-state index is 14.3. The number of benzene rings is 1. The summed E-state index contributed by atoms with van der Waals surface area (Å²) in [6.07, 6.45) is 10.2. The van der Waals surface area contributed by atoms with Crippen LogP contribution in [0.4, 0.5) is 5.69 Å². The number of aliphatic hydroxyl groups excluding tert-OH is 1. The molecule has 2 heterocycles. The van der Waals surface area contributed by atoms with Crippen molar-refractivity contribution in [2.24, 2.45) is 11.8 Å². The van der Waals surface area contributed by atoms with Gasteiger partial charge in [-0.15, -0.1) is 0 Å². The van der Waals surface area contributed by atoms with Crippen molar-refractivity contribution in [3.63, 3.8) is 0 Å². The van der Waals surface area contributed by atoms with Gasteiger partial charge in [0.1, 0.15) is 5.75 Å². The van der Waals surface area contributed by atoms with E-state index in [9.17, 15) is 19.5 Å². The predicted molar refractivity (Wildman–Crippen MR) is 173 cm³/mol. The zero-order chi connectivity index (χ0) is 32.3. The Bertz CT molecular complexity index is 1270. The summed E-state index contributed by atoms with van der Waals surface area (Å²) in [6.45, 7) is 6.71. The number of fused-ring (bicyclic) bond motifs is 1. The number of nitrogens with zero attached hydrogens (tertiary/aromatic N) is 3. The molecule has 2 aliphatic rings. The number of aromatic nitrogens is 1. The Kier molecular flexibility index (Phi) is 12.8. The molecule has 10 heteroatoms. The van der Waals surface area contributed by atoms with Crippen LogP contribution in [0.1, 0.15) is 92.9 Å². The highest BCUT2D eigenvalue weighted by Crippen LogP contribution is 2.30. The van der Waals surface area contributed by atoms with Gasteiger partial charge in [0.15, 0.2) is 0 Å². The van der Waals surface area contributed by atoms with Crippen LogP contribution in [0.25, 0.3) is 0 Å². The summed E-state index contributed by atoms with van der Waals surface area (Å²) in [5, 5.41) is 13.3. The van der Waals surface area contributed by atoms with Gasteiger partial charge in [0.05, 0.1) is 30.4 Å². The molecule has 0 saturated heterocycles. The molecule has 4 atom stereocenters. The van der Waals surface area contributed by atoms with Crippen LogP contribution in [-0.4, -0.2) is 89.2 Å². The van der Waals surface area contributed by atoms with Crippen LogP contribution >= 0.6 is 0 Å². The second kappa shape index (κ2) is 16.7. The molecule has 1 fully saturated rings. The third kappa shape index (κ3) is 9.50. The molecule has 45 heavy (non-hydrogen) atoms. The number of aliphatic hydroxyl groups is 1. The minimum absolute atomic E-state index is 0.0168. The Morgan fingerprint density at radius 1 is 1.07 bits per heavy atom. The minimum Gasteiger partial charge on any atom is -0.490 e. The first kappa shape index (κ1) is 34.4. The number of ether oxygens (including phenoxy) is 2. The van der Waals surface area contributed by atoms with Crippen LogP contribution in [0.3, 0.4) is 0 Å². The highest BCUT2D eigenvalue weighted by Gasteiger charge is 2.31. The van der Waals surface area contributed by atoms with E-state index < -0.39 is 6.04 Å². The summed E-state index contributed by atoms with van der Waals surface area (Å²) in [6, 6.07) is 8.15. The van der Waals surface area contributed by atoms with Gasteiger partial charge in [-0.1, -0.05) is 26.2 Å². The summed E-state index contributed by atoms with van der Waals surface area (Å²) >= 11 is 0. The molecule has 0 bridgehead atoms. The van der Waals surface area contributed by atoms with E-state index in [0.29, 0.717) is 35.7 Å². The molecule has 0 unspecified atom stereocenters. The van der Waals surface area contributed by atoms with Crippen molar-refractivity contribution in [1.82, 2.24) is 14.8 Å². The molecule has 1 aliphatic heterocycles. The van der Waals surface area contributed by atoms with Gasteiger partial charge in [0, 0.05) is 62.2 Å². The first-order valence-electron chi connectivity index (χ1n) is 16.5. The van der Waals surface area contributed by atoms with Crippen molar-refractivity contribution in [3.05, 3.63) is 53.9 Å². The number of carbonyl (C=O) groups is 3. The van der Waals surface area contributed by atoms with Crippen molar-refractivity contribution >= 4 is 23.4 Å². The number of amides is 3. The van der Waals surface area contributed by atoms with Gasteiger partial charge >= 0.3 is 0 Å². The van der Waals surface area contributed by atoms with Gasteiger partial charge < -0.3 is 29.7 Å². The van der Waals surface area contributed by atoms with Crippen LogP contribution < -0.4 is 10.1 Å². The van der Waals surface area contributed by atoms with Gasteiger partial charge in [-0.3, -0.25) is 19.4 Å². The van der Waals surface area contributed by atoms with Crippen molar-refractivity contribution in [1.29, 1.82) is 0 Å². The highest BCUT2D eigenvalue weighted by molar-refractivity contribution is 6.00. The molecule has 1 saturated carbocycles. The topological polar surface area (TPSA) is 121 Å². The second-order valence-electron chi connectivity index (χ2n) is 12.8. The highest BCUT2D eigenvalue weighted by atomic mass is 16.5. The van der Waals surface area contributed by atoms with Crippen LogP contribution in [0, 0.1) is 11.8 Å². The number of anilines is 1. The Balaban J connectivity index is 1.61. The fourth-order valence-corrected chi connectivity index (χ4v) is 6.14. The third-order valence-corrected chi connectivity index (χ3v) is 9.02. The van der Waals surface area contributed by atoms with Crippen LogP contribution in [0.15, 0.2) is 42.7 Å². The molecule has 4 rings (SSSR count). The molecule has 2 aromatic rings. The maximum atomic E-state index is 14.3. The monoisotopic (exact) mass is 622 g/mol. The fourth-order valence-electron chi connectivity index (χ4n) is 6.14. The van der Waals surface area contributed by atoms with Crippen LogP contribution in [-0.2, 0) is 9.53 Å². The largest absolute Gasteiger partial charge is 0.490 e. The quantitative estimate of drug-likeness (QED) is 0.437. The summed E-state index contributed by atoms with van der Waals surface area (Å²) in [4.78, 5) is 47.8. The lowest BCUT2D eigenvalue weighted by molar-refractivity contribution is -0.120. The number of likely N-dealkylation sites (N-methyl/N-ethyl adjacent to an activating group) is 1. The maximum Gasteiger partial charge on any atom is 0.258 e. The molecule has 1 aromatic carbocycles. The zero-order valence-corrected chi connectivity index (χ0v) is 27.2. The third-order valence-electron chi connectivity index (χ3n) is 9.02. The van der Waals surface area contributed by atoms with E-state index >= 15 is 0 Å². The molecule has 10 nitrogen and oxygen atoms in total. The van der Waals surface area contributed by atoms with Gasteiger partial charge in [-0.05, 0) is 76.3 Å². The average Bonchev–Trinajstić information content (AvgIpc) is 3.06. The number of carbonyl (C=O) groups excluding carboxylic acids is 3. The Labute approximate surface area is 267 Å². The fraction of sp³-hybridized carbons (Fsp3) is 0.600. The van der Waals surface area contributed by atoms with E-state index in [2.05, 4.69) is 10.3 Å². The lowest BCUT2D eigenvalue weighted by Crippen LogP contribution is -2.48. The average molecular weight is 623 g/mol. The smallest absolute Gasteiger partial charge is 0.258 e. The predicted octanol–water partition coefficient (Wildman–Crippen LogP) is 5.17. The molecule has 246 valence electrons. The summed E-state index contributed by atoms with van der Waals surface area (Å²) in [7, 11) is 1.75. The van der Waals surface area contributed by atoms with E-state index in [0.717, 1.165) is 51.4 Å². The van der Waals surface area contributed by atoms with Crippen molar-refractivity contribution < 1.29 is 29.0 Å². The zero-order valence-electron chi connectivity index (χ0n) is 27.2. The Hall–Kier alpha value is -3.50. The Morgan fingerprint density at radius 3 is 2.49 bits per heavy atom. The summed E-state index contributed by atoms with van der Waals surface area (Å²) in [5.74, 6) is -0.179. The van der Waals surface area contributed by atoms with E-state index in [1.165, 1.54) is 0 Å². The first-order chi connectivity index (χ1) is 21.7. The molecule has 0 radical (unpaired) electrons. The lowest BCUT2D eigenvalue weighted by Gasteiger charge is -2.36. The number of nitrogens with one attached hydrogen (secondary N) is 1. The lowest BCUT2D eigenvalue weighted by atomic mass is 9.88. The van der Waals surface area contributed by atoms with Gasteiger partial charge in [0.25, 0.3) is 11.8 Å². The van der Waals surface area contributed by atoms with E-state index in [1.807, 2.05) is 13.8 Å². The van der Waals surface area contributed by atoms with Crippen LogP contribution in [0.5, 0.6) is 5.75 Å². The molecule has 2 N–H and O–H groups in total. The summed E-state index contributed by atoms with van der Waals surface area (Å²) < 4.78 is 12.7. The standard InChI is InChI=1S/C35H50N4O6/c1-24-21-39(25(2)23-40)35(43)30-20-29(37-33(41)27-11-6-5-7-12-27)13-14-31(30)45-26(3)10-8-9-19-44-32(24)22-38(4)34(42)28-15-17-36-18-16-28/h13-18,20,24-27,32,40H,5-12,19,21-23H2,1-4H3,(H,37,41)/t24-,25-,26+,32+/m1/s1. The molecule has 0 spiro atoms. The normalized spacial score (nSPS) is 22.8. The van der Waals surface area contributed by atoms with Crippen molar-refractivity contribution in [2.45, 2.75) is 90.4 Å². The molecule has 3 amide bonds. The minimum atomic E-state index is -0.490. The number of pyridine rings is 1. The number of hydrogen-bond donors (Lipinski definition) is 2. The molecular formula is C35H50N4O6. The van der Waals surface area contributed by atoms with Crippen molar-refractivity contribution in [3.8, 4) is 5.75 Å². The number of hydrogen-bond acceptors (Lipinski definition) is 7. The van der Waals surface area contributed by atoms with Crippen molar-refractivity contribution in [2.75, 3.05) is 38.7 Å². The van der Waals surface area contributed by atoms with Gasteiger partial charge in [-0.25, -0.2) is 0 Å². The number of rotatable bonds is 7. The van der Waals surface area contributed by atoms with Gasteiger partial charge in [-0.2, -0.15) is 0 Å². The SMILES string of the molecule is C[C@@H]1CN([C@H](C)CO)C(=O)c2cc(NC(=O)C3CCCCC3)ccc2O[C@@H](C)CCCCO[C@H]1CN(C)C(=O)c1ccncc1. The molecule has 1 aliphatic carbocycles. The van der Waals surface area contributed by atoms with Gasteiger partial charge in [0.2, 0.25) is 5.91 Å². The Morgan fingerprint density at radius 2 is 1.78 bits per heavy atom. The van der Waals surface area contributed by atoms with Crippen LogP contribution in [0.2, 0.25) is 0 Å². The van der Waals surface area contributed by atoms with E-state index in [4.69, 9.17) is 9.47 Å². The summed E-state index contributed by atoms with van der Waals surface area (Å²) in [5.41, 5.74) is 1.44. The van der Waals surface area contributed by atoms with E-state index in [-0.39, 0.29) is 54.9 Å².